The van der Waals surface area contributed by atoms with E-state index >= 15 is 0 Å². The Hall–Kier alpha value is -1.04. The number of hydrogen-bond acceptors (Lipinski definition) is 0. The van der Waals surface area contributed by atoms with Crippen LogP contribution in [0, 0.1) is 23.7 Å². The zero-order valence-electron chi connectivity index (χ0n) is 7.09. The van der Waals surface area contributed by atoms with Crippen molar-refractivity contribution >= 4 is 0 Å². The van der Waals surface area contributed by atoms with Crippen LogP contribution in [-0.4, -0.2) is 0 Å². The van der Waals surface area contributed by atoms with Gasteiger partial charge in [0.05, 0.1) is 0 Å². The SMILES string of the molecule is C=C1[C@H]2C(=C)[C@@H]3C=C[C@H]2C(=C)[C@H]13. The molecule has 4 bridgehead atoms. The van der Waals surface area contributed by atoms with E-state index < -0.39 is 0 Å². The van der Waals surface area contributed by atoms with Crippen LogP contribution in [-0.2, 0) is 0 Å². The van der Waals surface area contributed by atoms with Gasteiger partial charge in [-0.1, -0.05) is 48.6 Å². The van der Waals surface area contributed by atoms with E-state index in [4.69, 9.17) is 0 Å². The largest absolute Gasteiger partial charge is 0.0986 e. The summed E-state index contributed by atoms with van der Waals surface area (Å²) in [7, 11) is 0. The van der Waals surface area contributed by atoms with Crippen LogP contribution in [0.15, 0.2) is 48.6 Å². The van der Waals surface area contributed by atoms with Crippen molar-refractivity contribution < 1.29 is 0 Å². The summed E-state index contributed by atoms with van der Waals surface area (Å²) in [5.41, 5.74) is 4.12. The van der Waals surface area contributed by atoms with Crippen molar-refractivity contribution in [2.75, 3.05) is 0 Å². The molecule has 0 N–H and O–H groups in total. The smallest absolute Gasteiger partial charge is 0.0114 e. The maximum atomic E-state index is 4.16. The summed E-state index contributed by atoms with van der Waals surface area (Å²) >= 11 is 0. The summed E-state index contributed by atoms with van der Waals surface area (Å²) in [6.07, 6.45) is 4.59. The lowest BCUT2D eigenvalue weighted by molar-refractivity contribution is 0.499. The van der Waals surface area contributed by atoms with E-state index in [9.17, 15) is 0 Å². The minimum atomic E-state index is 0.539. The molecule has 0 radical (unpaired) electrons. The van der Waals surface area contributed by atoms with Gasteiger partial charge >= 0.3 is 0 Å². The van der Waals surface area contributed by atoms with Gasteiger partial charge in [-0.15, -0.1) is 0 Å². The fourth-order valence-corrected chi connectivity index (χ4v) is 3.14. The summed E-state index contributed by atoms with van der Waals surface area (Å²) < 4.78 is 0. The van der Waals surface area contributed by atoms with Crippen LogP contribution in [0.3, 0.4) is 0 Å². The Bertz CT molecular complexity index is 311. The Morgan fingerprint density at radius 1 is 0.750 bits per heavy atom. The van der Waals surface area contributed by atoms with E-state index in [0.29, 0.717) is 23.7 Å². The van der Waals surface area contributed by atoms with Crippen molar-refractivity contribution in [1.82, 2.24) is 0 Å². The molecule has 0 aromatic carbocycles. The minimum Gasteiger partial charge on any atom is -0.0986 e. The normalized spacial score (nSPS) is 48.2. The van der Waals surface area contributed by atoms with Crippen molar-refractivity contribution in [3.8, 4) is 0 Å². The molecule has 4 aliphatic carbocycles. The second-order valence-corrected chi connectivity index (χ2v) is 4.12. The third-order valence-corrected chi connectivity index (χ3v) is 3.70. The molecule has 0 aromatic rings. The minimum absolute atomic E-state index is 0.539. The molecule has 0 aliphatic heterocycles. The summed E-state index contributed by atoms with van der Waals surface area (Å²) in [5, 5.41) is 0. The molecular formula is C12H12. The second kappa shape index (κ2) is 1.66. The monoisotopic (exact) mass is 156 g/mol. The highest BCUT2D eigenvalue weighted by atomic mass is 14.6. The lowest BCUT2D eigenvalue weighted by Gasteiger charge is -2.33. The van der Waals surface area contributed by atoms with E-state index in [1.165, 1.54) is 16.7 Å². The van der Waals surface area contributed by atoms with Crippen molar-refractivity contribution in [3.05, 3.63) is 48.6 Å². The molecule has 0 aromatic heterocycles. The zero-order valence-corrected chi connectivity index (χ0v) is 7.09. The van der Waals surface area contributed by atoms with Crippen LogP contribution in [0.4, 0.5) is 0 Å². The van der Waals surface area contributed by atoms with Gasteiger partial charge in [0.25, 0.3) is 0 Å². The highest BCUT2D eigenvalue weighted by Gasteiger charge is 2.54. The van der Waals surface area contributed by atoms with E-state index in [-0.39, 0.29) is 0 Å². The van der Waals surface area contributed by atoms with Gasteiger partial charge in [0, 0.05) is 23.7 Å². The molecule has 0 saturated heterocycles. The average Bonchev–Trinajstić information content (AvgIpc) is 2.38. The predicted molar refractivity (Wildman–Crippen MR) is 50.5 cm³/mol. The zero-order chi connectivity index (χ0) is 8.46. The van der Waals surface area contributed by atoms with Crippen molar-refractivity contribution in [2.45, 2.75) is 0 Å². The van der Waals surface area contributed by atoms with Crippen molar-refractivity contribution in [3.63, 3.8) is 0 Å². The molecule has 0 nitrogen and oxygen atoms in total. The second-order valence-electron chi connectivity index (χ2n) is 4.12. The summed E-state index contributed by atoms with van der Waals surface area (Å²) in [5.74, 6) is 2.16. The average molecular weight is 156 g/mol. The Balaban J connectivity index is 2.29. The van der Waals surface area contributed by atoms with E-state index in [1.54, 1.807) is 0 Å². The van der Waals surface area contributed by atoms with Crippen molar-refractivity contribution in [2.24, 2.45) is 23.7 Å². The maximum Gasteiger partial charge on any atom is 0.0114 e. The van der Waals surface area contributed by atoms with Crippen LogP contribution >= 0.6 is 0 Å². The lowest BCUT2D eigenvalue weighted by Crippen LogP contribution is -2.24. The Labute approximate surface area is 73.0 Å². The van der Waals surface area contributed by atoms with Gasteiger partial charge in [0.1, 0.15) is 0 Å². The molecule has 4 rings (SSSR count). The van der Waals surface area contributed by atoms with Crippen LogP contribution in [0.5, 0.6) is 0 Å². The molecule has 2 fully saturated rings. The molecule has 2 saturated carbocycles. The van der Waals surface area contributed by atoms with Gasteiger partial charge in [-0.05, 0) is 0 Å². The molecule has 4 aliphatic rings. The highest BCUT2D eigenvalue weighted by molar-refractivity contribution is 5.53. The topological polar surface area (TPSA) is 0 Å². The third-order valence-electron chi connectivity index (χ3n) is 3.70. The van der Waals surface area contributed by atoms with Crippen LogP contribution in [0.25, 0.3) is 0 Å². The highest BCUT2D eigenvalue weighted by Crippen LogP contribution is 2.63. The first-order valence-electron chi connectivity index (χ1n) is 4.46. The Morgan fingerprint density at radius 2 is 1.17 bits per heavy atom. The summed E-state index contributed by atoms with van der Waals surface area (Å²) in [6.45, 7) is 12.5. The third kappa shape index (κ3) is 0.439. The number of rotatable bonds is 0. The lowest BCUT2D eigenvalue weighted by atomic mass is 9.71. The van der Waals surface area contributed by atoms with Gasteiger partial charge < -0.3 is 0 Å². The van der Waals surface area contributed by atoms with E-state index in [2.05, 4.69) is 31.9 Å². The molecule has 0 spiro atoms. The van der Waals surface area contributed by atoms with Crippen LogP contribution in [0.2, 0.25) is 0 Å². The summed E-state index contributed by atoms with van der Waals surface area (Å²) in [4.78, 5) is 0. The molecule has 60 valence electrons. The van der Waals surface area contributed by atoms with Gasteiger partial charge in [0.2, 0.25) is 0 Å². The standard InChI is InChI=1S/C12H12/c1-6-9-4-5-10-7(2)12(9)8(3)11(6)10/h4-5,9-12H,1-3H2/t9-,10-,11+,12+/m0/s1. The fourth-order valence-electron chi connectivity index (χ4n) is 3.14. The first-order valence-corrected chi connectivity index (χ1v) is 4.46. The number of allylic oxidation sites excluding steroid dienone is 5. The quantitative estimate of drug-likeness (QED) is 0.473. The van der Waals surface area contributed by atoms with Crippen molar-refractivity contribution in [1.29, 1.82) is 0 Å². The predicted octanol–water partition coefficient (Wildman–Crippen LogP) is 2.72. The van der Waals surface area contributed by atoms with Crippen LogP contribution < -0.4 is 0 Å². The van der Waals surface area contributed by atoms with Gasteiger partial charge in [-0.2, -0.15) is 0 Å². The Kier molecular flexibility index (Phi) is 0.894. The van der Waals surface area contributed by atoms with Gasteiger partial charge in [-0.3, -0.25) is 0 Å². The van der Waals surface area contributed by atoms with E-state index in [1.807, 2.05) is 0 Å². The number of hydrogen-bond donors (Lipinski definition) is 0. The maximum absolute atomic E-state index is 4.16. The molecule has 0 heteroatoms. The fraction of sp³-hybridized carbons (Fsp3) is 0.333. The van der Waals surface area contributed by atoms with Gasteiger partial charge in [0.15, 0.2) is 0 Å². The summed E-state index contributed by atoms with van der Waals surface area (Å²) in [6, 6.07) is 0. The Morgan fingerprint density at radius 3 is 1.50 bits per heavy atom. The molecule has 4 atom stereocenters. The van der Waals surface area contributed by atoms with Gasteiger partial charge in [-0.25, -0.2) is 0 Å². The molecular weight excluding hydrogens is 144 g/mol. The first kappa shape index (κ1) is 6.47. The molecule has 0 heterocycles. The molecule has 0 amide bonds. The van der Waals surface area contributed by atoms with Crippen LogP contribution in [0.1, 0.15) is 0 Å². The molecule has 12 heavy (non-hydrogen) atoms. The van der Waals surface area contributed by atoms with E-state index in [0.717, 1.165) is 0 Å². The molecule has 0 unspecified atom stereocenters. The first-order chi connectivity index (χ1) is 5.72.